The number of sulfonamides is 1. The molecule has 32 heavy (non-hydrogen) atoms. The van der Waals surface area contributed by atoms with Gasteiger partial charge in [0, 0.05) is 17.1 Å². The van der Waals surface area contributed by atoms with Crippen LogP contribution < -0.4 is 5.43 Å². The lowest BCUT2D eigenvalue weighted by Crippen LogP contribution is -2.39. The molecule has 9 heteroatoms. The summed E-state index contributed by atoms with van der Waals surface area (Å²) in [4.78, 5) is 12.6. The molecule has 0 radical (unpaired) electrons. The van der Waals surface area contributed by atoms with Gasteiger partial charge in [-0.25, -0.2) is 13.8 Å². The van der Waals surface area contributed by atoms with E-state index in [1.807, 2.05) is 6.92 Å². The molecule has 0 aliphatic rings. The number of para-hydroxylation sites is 1. The SMILES string of the molecule is Cc1ccc(S(=O)(=O)N(CC(=O)N/N=C\c2ccccc2O)Cc2ccccc2Cl)cc1. The number of phenols is 1. The van der Waals surface area contributed by atoms with Crippen LogP contribution in [0.5, 0.6) is 5.75 Å². The first-order chi connectivity index (χ1) is 15.3. The second-order valence-corrected chi connectivity index (χ2v) is 9.37. The summed E-state index contributed by atoms with van der Waals surface area (Å²) in [6, 6.07) is 19.7. The molecule has 0 bridgehead atoms. The van der Waals surface area contributed by atoms with Gasteiger partial charge in [0.25, 0.3) is 5.91 Å². The van der Waals surface area contributed by atoms with Crippen molar-refractivity contribution in [3.63, 3.8) is 0 Å². The molecule has 0 fully saturated rings. The van der Waals surface area contributed by atoms with E-state index in [0.29, 0.717) is 16.1 Å². The van der Waals surface area contributed by atoms with Crippen molar-refractivity contribution >= 4 is 33.7 Å². The predicted octanol–water partition coefficient (Wildman–Crippen LogP) is 3.70. The fourth-order valence-corrected chi connectivity index (χ4v) is 4.44. The van der Waals surface area contributed by atoms with Gasteiger partial charge in [-0.15, -0.1) is 0 Å². The van der Waals surface area contributed by atoms with E-state index >= 15 is 0 Å². The molecule has 0 aliphatic carbocycles. The molecule has 0 atom stereocenters. The van der Waals surface area contributed by atoms with Crippen molar-refractivity contribution in [3.8, 4) is 5.75 Å². The van der Waals surface area contributed by atoms with E-state index in [4.69, 9.17) is 11.6 Å². The molecule has 3 aromatic rings. The van der Waals surface area contributed by atoms with Gasteiger partial charge < -0.3 is 5.11 Å². The standard InChI is InChI=1S/C23H22ClN3O4S/c1-17-10-12-20(13-11-17)32(30,31)27(15-19-7-2-4-8-21(19)24)16-23(29)26-25-14-18-6-3-5-9-22(18)28/h2-14,28H,15-16H2,1H3,(H,26,29)/b25-14-. The van der Waals surface area contributed by atoms with Gasteiger partial charge in [0.2, 0.25) is 10.0 Å². The van der Waals surface area contributed by atoms with Crippen molar-refractivity contribution in [1.29, 1.82) is 0 Å². The summed E-state index contributed by atoms with van der Waals surface area (Å²) in [6.45, 7) is 1.29. The molecule has 3 rings (SSSR count). The summed E-state index contributed by atoms with van der Waals surface area (Å²) in [5.74, 6) is -0.632. The molecule has 1 amide bonds. The van der Waals surface area contributed by atoms with E-state index in [1.54, 1.807) is 54.6 Å². The molecule has 166 valence electrons. The van der Waals surface area contributed by atoms with Crippen LogP contribution in [0, 0.1) is 6.92 Å². The normalized spacial score (nSPS) is 11.7. The van der Waals surface area contributed by atoms with Crippen LogP contribution >= 0.6 is 11.6 Å². The highest BCUT2D eigenvalue weighted by atomic mass is 35.5. The summed E-state index contributed by atoms with van der Waals surface area (Å²) >= 11 is 6.22. The Hall–Kier alpha value is -3.20. The first-order valence-electron chi connectivity index (χ1n) is 9.67. The van der Waals surface area contributed by atoms with Crippen molar-refractivity contribution < 1.29 is 18.3 Å². The zero-order valence-electron chi connectivity index (χ0n) is 17.3. The van der Waals surface area contributed by atoms with E-state index in [-0.39, 0.29) is 17.2 Å². The maximum atomic E-state index is 13.3. The Labute approximate surface area is 192 Å². The van der Waals surface area contributed by atoms with E-state index in [1.165, 1.54) is 24.4 Å². The number of halogens is 1. The van der Waals surface area contributed by atoms with Crippen molar-refractivity contribution in [2.45, 2.75) is 18.4 Å². The Balaban J connectivity index is 1.82. The summed E-state index contributed by atoms with van der Waals surface area (Å²) in [6.07, 6.45) is 1.28. The molecular formula is C23H22ClN3O4S. The number of amides is 1. The summed E-state index contributed by atoms with van der Waals surface area (Å²) in [5, 5.41) is 14.0. The van der Waals surface area contributed by atoms with Gasteiger partial charge in [0.05, 0.1) is 17.7 Å². The fourth-order valence-electron chi connectivity index (χ4n) is 2.87. The Morgan fingerprint density at radius 1 is 1.06 bits per heavy atom. The largest absolute Gasteiger partial charge is 0.507 e. The van der Waals surface area contributed by atoms with Crippen LogP contribution in [-0.4, -0.2) is 36.5 Å². The lowest BCUT2D eigenvalue weighted by atomic mass is 10.2. The fraction of sp³-hybridized carbons (Fsp3) is 0.130. The third-order valence-corrected chi connectivity index (χ3v) is 6.79. The van der Waals surface area contributed by atoms with Gasteiger partial charge >= 0.3 is 0 Å². The van der Waals surface area contributed by atoms with Gasteiger partial charge in [-0.1, -0.05) is 59.6 Å². The average Bonchev–Trinajstić information content (AvgIpc) is 2.76. The number of hydrazone groups is 1. The van der Waals surface area contributed by atoms with Crippen molar-refractivity contribution in [2.24, 2.45) is 5.10 Å². The zero-order valence-corrected chi connectivity index (χ0v) is 18.8. The maximum absolute atomic E-state index is 13.3. The van der Waals surface area contributed by atoms with Crippen LogP contribution in [0.4, 0.5) is 0 Å². The lowest BCUT2D eigenvalue weighted by molar-refractivity contribution is -0.121. The number of hydrogen-bond acceptors (Lipinski definition) is 5. The number of rotatable bonds is 8. The molecule has 0 aliphatic heterocycles. The van der Waals surface area contributed by atoms with Crippen LogP contribution in [0.3, 0.4) is 0 Å². The first kappa shape index (κ1) is 23.5. The number of aryl methyl sites for hydroxylation is 1. The third kappa shape index (κ3) is 5.94. The molecule has 0 spiro atoms. The molecule has 3 aromatic carbocycles. The number of phenolic OH excluding ortho intramolecular Hbond substituents is 1. The van der Waals surface area contributed by atoms with Crippen molar-refractivity contribution in [3.05, 3.63) is 94.5 Å². The summed E-state index contributed by atoms with van der Waals surface area (Å²) < 4.78 is 27.6. The van der Waals surface area contributed by atoms with Gasteiger partial charge in [-0.05, 0) is 42.8 Å². The van der Waals surface area contributed by atoms with E-state index in [2.05, 4.69) is 10.5 Å². The van der Waals surface area contributed by atoms with Crippen molar-refractivity contribution in [2.75, 3.05) is 6.54 Å². The highest BCUT2D eigenvalue weighted by Crippen LogP contribution is 2.22. The number of nitrogens with zero attached hydrogens (tertiary/aromatic N) is 2. The maximum Gasteiger partial charge on any atom is 0.255 e. The van der Waals surface area contributed by atoms with Crippen LogP contribution in [0.1, 0.15) is 16.7 Å². The second-order valence-electron chi connectivity index (χ2n) is 7.03. The monoisotopic (exact) mass is 471 g/mol. The zero-order chi connectivity index (χ0) is 23.1. The second kappa shape index (κ2) is 10.4. The lowest BCUT2D eigenvalue weighted by Gasteiger charge is -2.22. The van der Waals surface area contributed by atoms with Crippen LogP contribution in [0.15, 0.2) is 82.8 Å². The number of carbonyl (C=O) groups is 1. The average molecular weight is 472 g/mol. The topological polar surface area (TPSA) is 99.1 Å². The van der Waals surface area contributed by atoms with Gasteiger partial charge in [0.1, 0.15) is 5.75 Å². The summed E-state index contributed by atoms with van der Waals surface area (Å²) in [7, 11) is -3.99. The molecule has 0 saturated heterocycles. The number of hydrogen-bond donors (Lipinski definition) is 2. The number of carbonyl (C=O) groups excluding carboxylic acids is 1. The Morgan fingerprint density at radius 2 is 1.72 bits per heavy atom. The van der Waals surface area contributed by atoms with Crippen LogP contribution in [0.25, 0.3) is 0 Å². The van der Waals surface area contributed by atoms with Gasteiger partial charge in [-0.2, -0.15) is 9.41 Å². The first-order valence-corrected chi connectivity index (χ1v) is 11.5. The van der Waals surface area contributed by atoms with E-state index < -0.39 is 22.5 Å². The van der Waals surface area contributed by atoms with Crippen LogP contribution in [0.2, 0.25) is 5.02 Å². The van der Waals surface area contributed by atoms with Gasteiger partial charge in [-0.3, -0.25) is 4.79 Å². The molecule has 7 nitrogen and oxygen atoms in total. The Kier molecular flexibility index (Phi) is 7.63. The molecule has 0 aromatic heterocycles. The number of aromatic hydroxyl groups is 1. The van der Waals surface area contributed by atoms with Crippen LogP contribution in [-0.2, 0) is 21.4 Å². The summed E-state index contributed by atoms with van der Waals surface area (Å²) in [5.41, 5.74) is 4.19. The molecule has 2 N–H and O–H groups in total. The highest BCUT2D eigenvalue weighted by Gasteiger charge is 2.27. The molecule has 0 saturated carbocycles. The van der Waals surface area contributed by atoms with Crippen molar-refractivity contribution in [1.82, 2.24) is 9.73 Å². The van der Waals surface area contributed by atoms with E-state index in [0.717, 1.165) is 9.87 Å². The Bertz CT molecular complexity index is 1230. The minimum atomic E-state index is -3.99. The Morgan fingerprint density at radius 3 is 2.41 bits per heavy atom. The molecule has 0 heterocycles. The highest BCUT2D eigenvalue weighted by molar-refractivity contribution is 7.89. The predicted molar refractivity (Wildman–Crippen MR) is 124 cm³/mol. The van der Waals surface area contributed by atoms with Gasteiger partial charge in [0.15, 0.2) is 0 Å². The smallest absolute Gasteiger partial charge is 0.255 e. The molecule has 0 unspecified atom stereocenters. The number of nitrogens with one attached hydrogen (secondary N) is 1. The minimum absolute atomic E-state index is 0.00722. The van der Waals surface area contributed by atoms with E-state index in [9.17, 15) is 18.3 Å². The molecular weight excluding hydrogens is 450 g/mol. The number of benzene rings is 3. The minimum Gasteiger partial charge on any atom is -0.507 e. The quantitative estimate of drug-likeness (QED) is 0.386. The third-order valence-electron chi connectivity index (χ3n) is 4.61.